The van der Waals surface area contributed by atoms with Gasteiger partial charge in [0.25, 0.3) is 0 Å². The van der Waals surface area contributed by atoms with Crippen molar-refractivity contribution in [1.82, 2.24) is 0 Å². The van der Waals surface area contributed by atoms with E-state index in [2.05, 4.69) is 40.9 Å². The zero-order valence-corrected chi connectivity index (χ0v) is 13.3. The lowest BCUT2D eigenvalue weighted by Gasteiger charge is -2.14. The van der Waals surface area contributed by atoms with Crippen LogP contribution in [-0.4, -0.2) is 5.11 Å². The van der Waals surface area contributed by atoms with Gasteiger partial charge in [0.05, 0.1) is 0 Å². The second-order valence-electron chi connectivity index (χ2n) is 5.21. The second kappa shape index (κ2) is 12.0. The molecule has 0 saturated carbocycles. The van der Waals surface area contributed by atoms with Gasteiger partial charge in [-0.3, -0.25) is 0 Å². The zero-order valence-electron chi connectivity index (χ0n) is 13.3. The molecule has 0 aromatic heterocycles. The Morgan fingerprint density at radius 2 is 1.63 bits per heavy atom. The highest BCUT2D eigenvalue weighted by molar-refractivity contribution is 5.27. The maximum absolute atomic E-state index is 13.1. The molecular weight excluding hydrogens is 239 g/mol. The molecule has 0 aromatic carbocycles. The number of halogens is 1. The minimum absolute atomic E-state index is 0.235. The van der Waals surface area contributed by atoms with E-state index in [0.29, 0.717) is 11.5 Å². The topological polar surface area (TPSA) is 20.2 Å². The van der Waals surface area contributed by atoms with Crippen molar-refractivity contribution >= 4 is 0 Å². The molecule has 0 heterocycles. The van der Waals surface area contributed by atoms with Gasteiger partial charge in [-0.25, -0.2) is 4.39 Å². The second-order valence-corrected chi connectivity index (χ2v) is 5.21. The molecule has 1 nitrogen and oxygen atoms in total. The third-order valence-corrected chi connectivity index (χ3v) is 3.01. The Kier molecular flexibility index (Phi) is 12.8. The van der Waals surface area contributed by atoms with Crippen molar-refractivity contribution in [2.45, 2.75) is 60.3 Å². The van der Waals surface area contributed by atoms with E-state index in [9.17, 15) is 4.39 Å². The normalized spacial score (nSPS) is 14.1. The molecule has 0 aliphatic heterocycles. The van der Waals surface area contributed by atoms with Crippen LogP contribution in [0.2, 0.25) is 0 Å². The summed E-state index contributed by atoms with van der Waals surface area (Å²) in [6, 6.07) is 0. The number of rotatable bonds is 7. The predicted molar refractivity (Wildman–Crippen MR) is 83.9 cm³/mol. The van der Waals surface area contributed by atoms with Crippen molar-refractivity contribution in [2.24, 2.45) is 11.8 Å². The highest BCUT2D eigenvalue weighted by atomic mass is 19.1. The highest BCUT2D eigenvalue weighted by Crippen LogP contribution is 2.22. The van der Waals surface area contributed by atoms with Crippen molar-refractivity contribution in [3.05, 3.63) is 36.4 Å². The van der Waals surface area contributed by atoms with Gasteiger partial charge < -0.3 is 5.11 Å². The molecule has 2 atom stereocenters. The molecule has 0 spiro atoms. The van der Waals surface area contributed by atoms with Crippen LogP contribution in [0.15, 0.2) is 36.4 Å². The van der Waals surface area contributed by atoms with Gasteiger partial charge in [0.2, 0.25) is 0 Å². The molecule has 1 N–H and O–H groups in total. The third-order valence-electron chi connectivity index (χ3n) is 3.01. The van der Waals surface area contributed by atoms with Gasteiger partial charge in [0.15, 0.2) is 5.83 Å². The smallest absolute Gasteiger partial charge is 0.164 e. The van der Waals surface area contributed by atoms with Crippen LogP contribution in [0.5, 0.6) is 0 Å². The van der Waals surface area contributed by atoms with Gasteiger partial charge in [0.1, 0.15) is 5.76 Å². The average Bonchev–Trinajstić information content (AvgIpc) is 2.35. The van der Waals surface area contributed by atoms with Crippen molar-refractivity contribution in [2.75, 3.05) is 0 Å². The molecule has 2 unspecified atom stereocenters. The summed E-state index contributed by atoms with van der Waals surface area (Å²) in [4.78, 5) is 0. The van der Waals surface area contributed by atoms with E-state index < -0.39 is 11.6 Å². The minimum Gasteiger partial charge on any atom is -0.506 e. The first-order chi connectivity index (χ1) is 8.79. The van der Waals surface area contributed by atoms with E-state index in [-0.39, 0.29) is 5.92 Å². The molecule has 19 heavy (non-hydrogen) atoms. The van der Waals surface area contributed by atoms with Crippen LogP contribution >= 0.6 is 0 Å². The Morgan fingerprint density at radius 3 is 2.00 bits per heavy atom. The lowest BCUT2D eigenvalue weighted by molar-refractivity contribution is 0.391. The Labute approximate surface area is 118 Å². The van der Waals surface area contributed by atoms with Gasteiger partial charge in [-0.2, -0.15) is 0 Å². The van der Waals surface area contributed by atoms with Crippen molar-refractivity contribution < 1.29 is 9.50 Å². The molecule has 0 aliphatic rings. The number of aliphatic hydroxyl groups excluding tert-OH is 1. The maximum Gasteiger partial charge on any atom is 0.164 e. The summed E-state index contributed by atoms with van der Waals surface area (Å²) in [6.45, 7) is 17.6. The van der Waals surface area contributed by atoms with Gasteiger partial charge in [0, 0.05) is 0 Å². The van der Waals surface area contributed by atoms with Crippen LogP contribution in [-0.2, 0) is 0 Å². The summed E-state index contributed by atoms with van der Waals surface area (Å²) in [6.07, 6.45) is 5.79. The molecule has 0 radical (unpaired) electrons. The van der Waals surface area contributed by atoms with Crippen LogP contribution in [0, 0.1) is 11.8 Å². The number of aliphatic hydroxyl groups is 1. The minimum atomic E-state index is -0.694. The fraction of sp³-hybridized carbons (Fsp3) is 0.647. The molecule has 0 aliphatic carbocycles. The molecular formula is C17H31FO. The van der Waals surface area contributed by atoms with Crippen molar-refractivity contribution in [3.63, 3.8) is 0 Å². The quantitative estimate of drug-likeness (QED) is 0.422. The van der Waals surface area contributed by atoms with Crippen molar-refractivity contribution in [1.29, 1.82) is 0 Å². The predicted octanol–water partition coefficient (Wildman–Crippen LogP) is 6.35. The summed E-state index contributed by atoms with van der Waals surface area (Å²) in [5.74, 6) is -0.299. The molecule has 112 valence electrons. The fourth-order valence-corrected chi connectivity index (χ4v) is 1.31. The fourth-order valence-electron chi connectivity index (χ4n) is 1.31. The molecule has 2 heteroatoms. The van der Waals surface area contributed by atoms with E-state index in [1.165, 1.54) is 12.5 Å². The first-order valence-corrected chi connectivity index (χ1v) is 7.24. The lowest BCUT2D eigenvalue weighted by Crippen LogP contribution is -2.01. The van der Waals surface area contributed by atoms with Crippen molar-refractivity contribution in [3.8, 4) is 0 Å². The van der Waals surface area contributed by atoms with Crippen LogP contribution in [0.3, 0.4) is 0 Å². The summed E-state index contributed by atoms with van der Waals surface area (Å²) >= 11 is 0. The van der Waals surface area contributed by atoms with E-state index in [4.69, 9.17) is 5.11 Å². The summed E-state index contributed by atoms with van der Waals surface area (Å²) < 4.78 is 13.1. The van der Waals surface area contributed by atoms with Crippen LogP contribution in [0.1, 0.15) is 60.3 Å². The van der Waals surface area contributed by atoms with Gasteiger partial charge in [-0.1, -0.05) is 67.0 Å². The summed E-state index contributed by atoms with van der Waals surface area (Å²) in [5, 5.41) is 8.83. The molecule has 0 bridgehead atoms. The Balaban J connectivity index is 0. The van der Waals surface area contributed by atoms with E-state index in [1.807, 2.05) is 6.92 Å². The standard InChI is InChI=1S/C14H23FO.C3H8/c1-6-10(2)7-8-11(3)12(4)9-14(15)13(5)16;1-3-2/h9-11,16H,4-8H2,1-3H3;3H2,1-2H3/b14-9+;. The van der Waals surface area contributed by atoms with E-state index >= 15 is 0 Å². The summed E-state index contributed by atoms with van der Waals surface area (Å²) in [5.41, 5.74) is 0.705. The lowest BCUT2D eigenvalue weighted by atomic mass is 9.91. The van der Waals surface area contributed by atoms with Crippen LogP contribution < -0.4 is 0 Å². The largest absolute Gasteiger partial charge is 0.506 e. The Bertz CT molecular complexity index is 292. The molecule has 0 saturated heterocycles. The number of hydrogen-bond donors (Lipinski definition) is 1. The maximum atomic E-state index is 13.1. The van der Waals surface area contributed by atoms with Gasteiger partial charge in [-0.15, -0.1) is 0 Å². The number of hydrogen-bond acceptors (Lipinski definition) is 1. The van der Waals surface area contributed by atoms with Crippen LogP contribution in [0.25, 0.3) is 0 Å². The molecule has 0 rings (SSSR count). The SMILES string of the molecule is C=C(O)/C(F)=C\C(=C)C(C)CCC(C)CC.CCC. The monoisotopic (exact) mass is 270 g/mol. The third kappa shape index (κ3) is 11.8. The molecule has 0 amide bonds. The Hall–Kier alpha value is -1.05. The molecule has 0 aromatic rings. The van der Waals surface area contributed by atoms with E-state index in [0.717, 1.165) is 19.3 Å². The zero-order chi connectivity index (χ0) is 15.4. The average molecular weight is 270 g/mol. The first kappa shape index (κ1) is 20.3. The first-order valence-electron chi connectivity index (χ1n) is 7.24. The van der Waals surface area contributed by atoms with Gasteiger partial charge >= 0.3 is 0 Å². The van der Waals surface area contributed by atoms with Gasteiger partial charge in [-0.05, 0) is 29.9 Å². The van der Waals surface area contributed by atoms with Crippen LogP contribution in [0.4, 0.5) is 4.39 Å². The van der Waals surface area contributed by atoms with E-state index in [1.54, 1.807) is 0 Å². The highest BCUT2D eigenvalue weighted by Gasteiger charge is 2.09. The summed E-state index contributed by atoms with van der Waals surface area (Å²) in [7, 11) is 0. The number of allylic oxidation sites excluding steroid dienone is 3. The molecule has 0 fully saturated rings. The Morgan fingerprint density at radius 1 is 1.16 bits per heavy atom.